The number of fused-ring (bicyclic) bond motifs is 5. The first-order valence-electron chi connectivity index (χ1n) is 13.9. The second kappa shape index (κ2) is 8.93. The van der Waals surface area contributed by atoms with Crippen LogP contribution in [0.4, 0.5) is 0 Å². The van der Waals surface area contributed by atoms with E-state index < -0.39 is 35.1 Å². The van der Waals surface area contributed by atoms with Gasteiger partial charge < -0.3 is 25.5 Å². The summed E-state index contributed by atoms with van der Waals surface area (Å²) in [4.78, 5) is 12.6. The fourth-order valence-electron chi connectivity index (χ4n) is 9.08. The number of carboxylic acids is 1. The van der Waals surface area contributed by atoms with Gasteiger partial charge in [0.1, 0.15) is 0 Å². The predicted molar refractivity (Wildman–Crippen MR) is 139 cm³/mol. The first-order chi connectivity index (χ1) is 16.6. The highest BCUT2D eigenvalue weighted by molar-refractivity contribution is 5.78. The fraction of sp³-hybridized carbons (Fsp3) is 0.833. The van der Waals surface area contributed by atoms with Crippen molar-refractivity contribution in [1.82, 2.24) is 0 Å². The molecule has 2 saturated carbocycles. The molecule has 0 saturated heterocycles. The van der Waals surface area contributed by atoms with Crippen LogP contribution in [0.5, 0.6) is 0 Å². The highest BCUT2D eigenvalue weighted by Crippen LogP contribution is 2.72. The van der Waals surface area contributed by atoms with E-state index in [4.69, 9.17) is 0 Å². The molecular weight excluding hydrogens is 456 g/mol. The second-order valence-electron chi connectivity index (χ2n) is 13.9. The van der Waals surface area contributed by atoms with Crippen molar-refractivity contribution < 1.29 is 30.3 Å². The van der Waals surface area contributed by atoms with Crippen LogP contribution in [0.25, 0.3) is 0 Å². The summed E-state index contributed by atoms with van der Waals surface area (Å²) in [5.74, 6) is -0.518. The van der Waals surface area contributed by atoms with Gasteiger partial charge in [0.25, 0.3) is 0 Å². The number of carboxylic acid groups (broad SMARTS) is 1. The van der Waals surface area contributed by atoms with Gasteiger partial charge in [0.2, 0.25) is 0 Å². The van der Waals surface area contributed by atoms with Crippen molar-refractivity contribution in [3.8, 4) is 0 Å². The molecule has 0 radical (unpaired) electrons. The van der Waals surface area contributed by atoms with Crippen LogP contribution >= 0.6 is 0 Å². The molecule has 6 nitrogen and oxygen atoms in total. The molecule has 0 aromatic carbocycles. The number of allylic oxidation sites excluding steroid dienone is 3. The molecule has 5 N–H and O–H groups in total. The van der Waals surface area contributed by atoms with Crippen molar-refractivity contribution in [3.05, 3.63) is 23.8 Å². The van der Waals surface area contributed by atoms with E-state index in [2.05, 4.69) is 32.9 Å². The molecule has 4 aliphatic rings. The Bertz CT molecular complexity index is 942. The van der Waals surface area contributed by atoms with Crippen LogP contribution in [-0.2, 0) is 4.79 Å². The molecule has 0 aliphatic heterocycles. The van der Waals surface area contributed by atoms with E-state index in [-0.39, 0.29) is 40.6 Å². The first-order valence-corrected chi connectivity index (χ1v) is 13.9. The van der Waals surface area contributed by atoms with Gasteiger partial charge in [-0.15, -0.1) is 0 Å². The zero-order valence-corrected chi connectivity index (χ0v) is 23.0. The van der Waals surface area contributed by atoms with Crippen molar-refractivity contribution in [2.75, 3.05) is 6.61 Å². The molecule has 0 amide bonds. The standard InChI is InChI=1S/C30H48O6/c1-18(19(2)32)9-12-30(25(35)36)14-13-28(5)20(15-30)7-8-23-26(3)16-21(33)24(34)27(4,17-31)22(26)10-11-29(23,28)6/h7-8,15,18-19,21-24,31-34H,9-14,16-17H2,1-6H3,(H,35,36)/t18-,19+,21-,22-,23-,24-,26+,27-,28-,29-,30+/m1/s1. The second-order valence-corrected chi connectivity index (χ2v) is 13.9. The number of hydrogen-bond acceptors (Lipinski definition) is 5. The van der Waals surface area contributed by atoms with E-state index in [1.807, 2.05) is 19.9 Å². The lowest BCUT2D eigenvalue weighted by Gasteiger charge is -2.69. The number of rotatable bonds is 6. The third-order valence-electron chi connectivity index (χ3n) is 12.1. The van der Waals surface area contributed by atoms with Crippen LogP contribution < -0.4 is 0 Å². The van der Waals surface area contributed by atoms with E-state index in [1.54, 1.807) is 6.92 Å². The van der Waals surface area contributed by atoms with Gasteiger partial charge in [0.15, 0.2) is 0 Å². The summed E-state index contributed by atoms with van der Waals surface area (Å²) in [6, 6.07) is 0. The summed E-state index contributed by atoms with van der Waals surface area (Å²) < 4.78 is 0. The summed E-state index contributed by atoms with van der Waals surface area (Å²) in [5.41, 5.74) is -1.21. The summed E-state index contributed by atoms with van der Waals surface area (Å²) in [5, 5.41) is 52.4. The number of aliphatic carboxylic acids is 1. The molecular formula is C30H48O6. The summed E-state index contributed by atoms with van der Waals surface area (Å²) >= 11 is 0. The highest BCUT2D eigenvalue weighted by Gasteiger charge is 2.68. The molecule has 36 heavy (non-hydrogen) atoms. The van der Waals surface area contributed by atoms with E-state index in [9.17, 15) is 30.3 Å². The molecule has 11 atom stereocenters. The summed E-state index contributed by atoms with van der Waals surface area (Å²) in [6.07, 6.45) is 8.91. The molecule has 4 aliphatic carbocycles. The maximum Gasteiger partial charge on any atom is 0.313 e. The Kier molecular flexibility index (Phi) is 6.90. The number of carbonyl (C=O) groups is 1. The summed E-state index contributed by atoms with van der Waals surface area (Å²) in [7, 11) is 0. The number of aliphatic hydroxyl groups is 4. The third kappa shape index (κ3) is 3.69. The van der Waals surface area contributed by atoms with Crippen LogP contribution in [-0.4, -0.2) is 56.4 Å². The topological polar surface area (TPSA) is 118 Å². The zero-order chi connectivity index (χ0) is 26.9. The van der Waals surface area contributed by atoms with Gasteiger partial charge in [-0.1, -0.05) is 52.8 Å². The van der Waals surface area contributed by atoms with E-state index in [1.165, 1.54) is 0 Å². The maximum absolute atomic E-state index is 12.6. The van der Waals surface area contributed by atoms with Crippen molar-refractivity contribution in [1.29, 1.82) is 0 Å². The summed E-state index contributed by atoms with van der Waals surface area (Å²) in [6.45, 7) is 12.4. The van der Waals surface area contributed by atoms with E-state index in [0.717, 1.165) is 24.8 Å². The number of hydrogen-bond donors (Lipinski definition) is 5. The predicted octanol–water partition coefficient (Wildman–Crippen LogP) is 4.31. The van der Waals surface area contributed by atoms with Crippen molar-refractivity contribution in [3.63, 3.8) is 0 Å². The molecule has 0 heterocycles. The number of aliphatic hydroxyl groups excluding tert-OH is 4. The fourth-order valence-corrected chi connectivity index (χ4v) is 9.08. The molecule has 0 aromatic rings. The van der Waals surface area contributed by atoms with Crippen molar-refractivity contribution in [2.45, 2.75) is 105 Å². The van der Waals surface area contributed by atoms with Crippen LogP contribution in [0, 0.1) is 44.8 Å². The highest BCUT2D eigenvalue weighted by atomic mass is 16.4. The zero-order valence-electron chi connectivity index (χ0n) is 23.0. The maximum atomic E-state index is 12.6. The van der Waals surface area contributed by atoms with Gasteiger partial charge in [-0.3, -0.25) is 4.79 Å². The van der Waals surface area contributed by atoms with Gasteiger partial charge in [-0.25, -0.2) is 0 Å². The minimum atomic E-state index is -0.946. The quantitative estimate of drug-likeness (QED) is 0.368. The largest absolute Gasteiger partial charge is 0.481 e. The SMILES string of the molecule is C[C@H](O)[C@H](C)CC[C@@]1(C(=O)O)C=C2C=C[C@@H]3[C@@]4(C)C[C@@H](O)[C@@H](O)[C@](C)(CO)[C@@H]4CC[C@@]3(C)[C@]2(C)CC1. The van der Waals surface area contributed by atoms with E-state index >= 15 is 0 Å². The van der Waals surface area contributed by atoms with E-state index in [0.29, 0.717) is 25.7 Å². The Morgan fingerprint density at radius 1 is 1.11 bits per heavy atom. The van der Waals surface area contributed by atoms with Gasteiger partial charge >= 0.3 is 5.97 Å². The van der Waals surface area contributed by atoms with Gasteiger partial charge in [-0.2, -0.15) is 0 Å². The smallest absolute Gasteiger partial charge is 0.313 e. The molecule has 0 aromatic heterocycles. The average Bonchev–Trinajstić information content (AvgIpc) is 2.81. The lowest BCUT2D eigenvalue weighted by molar-refractivity contribution is -0.230. The van der Waals surface area contributed by atoms with Crippen molar-refractivity contribution in [2.24, 2.45) is 44.8 Å². The lowest BCUT2D eigenvalue weighted by atomic mass is 9.36. The Labute approximate surface area is 216 Å². The Balaban J connectivity index is 1.75. The molecule has 6 heteroatoms. The Hall–Kier alpha value is -1.21. The minimum Gasteiger partial charge on any atom is -0.481 e. The van der Waals surface area contributed by atoms with Gasteiger partial charge in [-0.05, 0) is 91.4 Å². The Morgan fingerprint density at radius 3 is 2.36 bits per heavy atom. The average molecular weight is 505 g/mol. The van der Waals surface area contributed by atoms with Crippen molar-refractivity contribution >= 4 is 5.97 Å². The lowest BCUT2D eigenvalue weighted by Crippen LogP contribution is -2.66. The van der Waals surface area contributed by atoms with Gasteiger partial charge in [0, 0.05) is 5.41 Å². The molecule has 4 rings (SSSR count). The normalized spacial score (nSPS) is 49.8. The van der Waals surface area contributed by atoms with Crippen LogP contribution in [0.2, 0.25) is 0 Å². The first kappa shape index (κ1) is 27.8. The van der Waals surface area contributed by atoms with Crippen LogP contribution in [0.15, 0.2) is 23.8 Å². The Morgan fingerprint density at radius 2 is 1.78 bits per heavy atom. The van der Waals surface area contributed by atoms with Gasteiger partial charge in [0.05, 0.1) is 30.3 Å². The third-order valence-corrected chi connectivity index (χ3v) is 12.1. The molecule has 204 valence electrons. The van der Waals surface area contributed by atoms with Crippen LogP contribution in [0.1, 0.15) is 86.5 Å². The monoisotopic (exact) mass is 504 g/mol. The molecule has 2 fully saturated rings. The van der Waals surface area contributed by atoms with Crippen LogP contribution in [0.3, 0.4) is 0 Å². The molecule has 0 spiro atoms. The minimum absolute atomic E-state index is 0.0425. The molecule has 0 bridgehead atoms. The molecule has 0 unspecified atom stereocenters.